The molecule has 0 spiro atoms. The lowest BCUT2D eigenvalue weighted by atomic mass is 10.0. The van der Waals surface area contributed by atoms with Crippen LogP contribution in [0.2, 0.25) is 0 Å². The maximum Gasteiger partial charge on any atom is 0.163 e. The fraction of sp³-hybridized carbons (Fsp3) is 1.00. The SMILES string of the molecule is CCCCCCCCCCCCCCCCN([O-])CC(O)O. The Morgan fingerprint density at radius 3 is 1.41 bits per heavy atom. The summed E-state index contributed by atoms with van der Waals surface area (Å²) in [4.78, 5) is 0. The van der Waals surface area contributed by atoms with Gasteiger partial charge in [0.15, 0.2) is 6.29 Å². The van der Waals surface area contributed by atoms with Crippen molar-refractivity contribution in [2.45, 2.75) is 103 Å². The van der Waals surface area contributed by atoms with E-state index in [4.69, 9.17) is 10.2 Å². The van der Waals surface area contributed by atoms with Gasteiger partial charge in [-0.2, -0.15) is 0 Å². The fourth-order valence-electron chi connectivity index (χ4n) is 2.76. The minimum atomic E-state index is -1.51. The van der Waals surface area contributed by atoms with Crippen LogP contribution in [0.3, 0.4) is 0 Å². The number of hydroxylamine groups is 2. The molecule has 134 valence electrons. The quantitative estimate of drug-likeness (QED) is 0.234. The highest BCUT2D eigenvalue weighted by atomic mass is 16.5. The summed E-state index contributed by atoms with van der Waals surface area (Å²) in [5, 5.41) is 29.2. The van der Waals surface area contributed by atoms with Crippen molar-refractivity contribution in [3.63, 3.8) is 0 Å². The van der Waals surface area contributed by atoms with Crippen LogP contribution in [-0.4, -0.2) is 34.7 Å². The van der Waals surface area contributed by atoms with Crippen molar-refractivity contribution >= 4 is 0 Å². The van der Waals surface area contributed by atoms with E-state index in [1.165, 1.54) is 77.0 Å². The molecule has 2 N–H and O–H groups in total. The van der Waals surface area contributed by atoms with Gasteiger partial charge in [-0.05, 0) is 13.0 Å². The molecule has 0 bridgehead atoms. The second-order valence-corrected chi connectivity index (χ2v) is 6.46. The van der Waals surface area contributed by atoms with E-state index in [1.54, 1.807) is 0 Å². The normalized spacial score (nSPS) is 11.7. The van der Waals surface area contributed by atoms with Crippen molar-refractivity contribution in [2.75, 3.05) is 13.1 Å². The molecule has 0 saturated carbocycles. The summed E-state index contributed by atoms with van der Waals surface area (Å²) in [5.41, 5.74) is 0. The van der Waals surface area contributed by atoms with E-state index in [0.717, 1.165) is 17.9 Å². The second kappa shape index (κ2) is 17.2. The molecule has 0 aliphatic rings. The zero-order valence-corrected chi connectivity index (χ0v) is 14.6. The molecular weight excluding hydrogens is 278 g/mol. The van der Waals surface area contributed by atoms with Gasteiger partial charge in [-0.1, -0.05) is 90.4 Å². The van der Waals surface area contributed by atoms with E-state index in [9.17, 15) is 5.21 Å². The second-order valence-electron chi connectivity index (χ2n) is 6.46. The number of aliphatic hydroxyl groups is 2. The van der Waals surface area contributed by atoms with Crippen LogP contribution >= 0.6 is 0 Å². The van der Waals surface area contributed by atoms with Crippen LogP contribution in [0.5, 0.6) is 0 Å². The smallest absolute Gasteiger partial charge is 0.163 e. The van der Waals surface area contributed by atoms with Crippen LogP contribution in [0, 0.1) is 5.21 Å². The molecule has 0 aromatic heterocycles. The van der Waals surface area contributed by atoms with Gasteiger partial charge in [0.25, 0.3) is 0 Å². The molecule has 0 aromatic rings. The number of aliphatic hydroxyl groups excluding tert-OH is 1. The molecule has 0 saturated heterocycles. The third-order valence-corrected chi connectivity index (χ3v) is 4.13. The van der Waals surface area contributed by atoms with Gasteiger partial charge >= 0.3 is 0 Å². The van der Waals surface area contributed by atoms with E-state index < -0.39 is 6.29 Å². The zero-order chi connectivity index (χ0) is 16.5. The Morgan fingerprint density at radius 2 is 1.05 bits per heavy atom. The summed E-state index contributed by atoms with van der Waals surface area (Å²) in [6, 6.07) is 0. The summed E-state index contributed by atoms with van der Waals surface area (Å²) in [5.74, 6) is 0. The summed E-state index contributed by atoms with van der Waals surface area (Å²) >= 11 is 0. The van der Waals surface area contributed by atoms with Gasteiger partial charge in [0.05, 0.1) is 0 Å². The topological polar surface area (TPSA) is 66.8 Å². The van der Waals surface area contributed by atoms with Crippen LogP contribution in [0.25, 0.3) is 0 Å². The molecular formula is C18H38NO3-. The minimum Gasteiger partial charge on any atom is -0.785 e. The lowest BCUT2D eigenvalue weighted by Gasteiger charge is -2.28. The average Bonchev–Trinajstić information content (AvgIpc) is 2.47. The lowest BCUT2D eigenvalue weighted by molar-refractivity contribution is -0.0542. The van der Waals surface area contributed by atoms with Crippen molar-refractivity contribution in [3.05, 3.63) is 5.21 Å². The molecule has 0 unspecified atom stereocenters. The van der Waals surface area contributed by atoms with Crippen LogP contribution in [0.1, 0.15) is 96.8 Å². The van der Waals surface area contributed by atoms with E-state index >= 15 is 0 Å². The van der Waals surface area contributed by atoms with Crippen LogP contribution in [0.4, 0.5) is 0 Å². The maximum absolute atomic E-state index is 11.2. The Morgan fingerprint density at radius 1 is 0.682 bits per heavy atom. The van der Waals surface area contributed by atoms with Gasteiger partial charge in [-0.3, -0.25) is 0 Å². The number of unbranched alkanes of at least 4 members (excludes halogenated alkanes) is 13. The lowest BCUT2D eigenvalue weighted by Crippen LogP contribution is -2.28. The highest BCUT2D eigenvalue weighted by Gasteiger charge is 1.99. The third kappa shape index (κ3) is 17.9. The molecule has 0 radical (unpaired) electrons. The Hall–Kier alpha value is -0.160. The van der Waals surface area contributed by atoms with E-state index in [0.29, 0.717) is 6.54 Å². The Kier molecular flexibility index (Phi) is 17.1. The van der Waals surface area contributed by atoms with Gasteiger partial charge < -0.3 is 20.5 Å². The molecule has 0 heterocycles. The highest BCUT2D eigenvalue weighted by Crippen LogP contribution is 2.13. The van der Waals surface area contributed by atoms with Crippen molar-refractivity contribution in [1.29, 1.82) is 0 Å². The summed E-state index contributed by atoms with van der Waals surface area (Å²) < 4.78 is 0. The molecule has 22 heavy (non-hydrogen) atoms. The first kappa shape index (κ1) is 21.8. The number of hydrogen-bond donors (Lipinski definition) is 2. The predicted molar refractivity (Wildman–Crippen MR) is 93.5 cm³/mol. The van der Waals surface area contributed by atoms with Gasteiger partial charge in [0.2, 0.25) is 0 Å². The molecule has 0 aliphatic carbocycles. The van der Waals surface area contributed by atoms with Crippen LogP contribution in [-0.2, 0) is 0 Å². The number of hydrogen-bond acceptors (Lipinski definition) is 4. The third-order valence-electron chi connectivity index (χ3n) is 4.13. The molecule has 0 fully saturated rings. The minimum absolute atomic E-state index is 0.196. The van der Waals surface area contributed by atoms with Gasteiger partial charge in [-0.15, -0.1) is 0 Å². The molecule has 0 rings (SSSR count). The zero-order valence-electron chi connectivity index (χ0n) is 14.6. The number of nitrogens with zero attached hydrogens (tertiary/aromatic N) is 1. The first-order valence-corrected chi connectivity index (χ1v) is 9.45. The molecule has 4 nitrogen and oxygen atoms in total. The Labute approximate surface area is 137 Å². The molecule has 0 atom stereocenters. The standard InChI is InChI=1S/C18H38NO3/c1-2-3-4-5-6-7-8-9-10-11-12-13-14-15-16-19(22)17-18(20)21/h18,20-21H,2-17H2,1H3/q-1. The Balaban J connectivity index is 3.05. The summed E-state index contributed by atoms with van der Waals surface area (Å²) in [7, 11) is 0. The highest BCUT2D eigenvalue weighted by molar-refractivity contribution is 4.58. The summed E-state index contributed by atoms with van der Waals surface area (Å²) in [6.07, 6.45) is 16.6. The number of rotatable bonds is 17. The van der Waals surface area contributed by atoms with E-state index in [2.05, 4.69) is 6.92 Å². The van der Waals surface area contributed by atoms with Crippen molar-refractivity contribution < 1.29 is 10.2 Å². The van der Waals surface area contributed by atoms with Gasteiger partial charge in [-0.25, -0.2) is 0 Å². The largest absolute Gasteiger partial charge is 0.785 e. The fourth-order valence-corrected chi connectivity index (χ4v) is 2.76. The van der Waals surface area contributed by atoms with Crippen molar-refractivity contribution in [3.8, 4) is 0 Å². The maximum atomic E-state index is 11.2. The molecule has 0 aliphatic heterocycles. The van der Waals surface area contributed by atoms with E-state index in [1.807, 2.05) is 0 Å². The van der Waals surface area contributed by atoms with Crippen molar-refractivity contribution in [1.82, 2.24) is 5.06 Å². The first-order chi connectivity index (χ1) is 10.7. The Bertz CT molecular complexity index is 213. The summed E-state index contributed by atoms with van der Waals surface area (Å²) in [6.45, 7) is 2.48. The van der Waals surface area contributed by atoms with Crippen LogP contribution < -0.4 is 0 Å². The molecule has 4 heteroatoms. The first-order valence-electron chi connectivity index (χ1n) is 9.45. The monoisotopic (exact) mass is 316 g/mol. The van der Waals surface area contributed by atoms with Crippen LogP contribution in [0.15, 0.2) is 0 Å². The predicted octanol–water partition coefficient (Wildman–Crippen LogP) is 4.58. The molecule has 0 amide bonds. The van der Waals surface area contributed by atoms with Gasteiger partial charge in [0.1, 0.15) is 0 Å². The van der Waals surface area contributed by atoms with Gasteiger partial charge in [0, 0.05) is 6.54 Å². The van der Waals surface area contributed by atoms with E-state index in [-0.39, 0.29) is 6.54 Å². The average molecular weight is 317 g/mol. The molecule has 0 aromatic carbocycles. The van der Waals surface area contributed by atoms with Crippen molar-refractivity contribution in [2.24, 2.45) is 0 Å².